The molecule has 7 nitrogen and oxygen atoms in total. The zero-order chi connectivity index (χ0) is 20.7. The predicted octanol–water partition coefficient (Wildman–Crippen LogP) is 1.73. The van der Waals surface area contributed by atoms with Crippen LogP contribution in [-0.4, -0.2) is 47.0 Å². The van der Waals surface area contributed by atoms with Crippen molar-refractivity contribution in [2.45, 2.75) is 32.7 Å². The minimum Gasteiger partial charge on any atom is -0.464 e. The van der Waals surface area contributed by atoms with Gasteiger partial charge in [-0.15, -0.1) is 0 Å². The van der Waals surface area contributed by atoms with Crippen LogP contribution in [0.15, 0.2) is 30.0 Å². The monoisotopic (exact) mass is 407 g/mol. The summed E-state index contributed by atoms with van der Waals surface area (Å²) in [5.74, 6) is -1.90. The molecule has 1 aliphatic heterocycles. The van der Waals surface area contributed by atoms with Crippen LogP contribution in [-0.2, 0) is 19.1 Å². The Labute approximate surface area is 167 Å². The third-order valence-corrected chi connectivity index (χ3v) is 4.25. The fraction of sp³-hybridized carbons (Fsp3) is 0.368. The van der Waals surface area contributed by atoms with Crippen molar-refractivity contribution in [2.75, 3.05) is 13.2 Å². The lowest BCUT2D eigenvalue weighted by Gasteiger charge is -2.19. The average molecular weight is 407 g/mol. The molecule has 150 valence electrons. The summed E-state index contributed by atoms with van der Waals surface area (Å²) in [6.07, 6.45) is 2.62. The van der Waals surface area contributed by atoms with E-state index in [1.165, 1.54) is 30.3 Å². The molecule has 1 aromatic carbocycles. The van der Waals surface area contributed by atoms with Gasteiger partial charge in [0.2, 0.25) is 5.91 Å². The lowest BCUT2D eigenvalue weighted by atomic mass is 10.1. The molecule has 0 saturated carbocycles. The van der Waals surface area contributed by atoms with Gasteiger partial charge in [0.1, 0.15) is 24.1 Å². The second-order valence-electron chi connectivity index (χ2n) is 6.09. The minimum atomic E-state index is -0.772. The van der Waals surface area contributed by atoms with E-state index in [4.69, 9.17) is 17.0 Å². The Morgan fingerprint density at radius 1 is 1.32 bits per heavy atom. The van der Waals surface area contributed by atoms with Gasteiger partial charge in [-0.3, -0.25) is 14.5 Å². The smallest absolute Gasteiger partial charge is 0.328 e. The first-order chi connectivity index (χ1) is 13.3. The van der Waals surface area contributed by atoms with Gasteiger partial charge in [0.05, 0.1) is 6.61 Å². The molecule has 0 bridgehead atoms. The molecule has 28 heavy (non-hydrogen) atoms. The second-order valence-corrected chi connectivity index (χ2v) is 6.48. The van der Waals surface area contributed by atoms with Crippen molar-refractivity contribution >= 4 is 41.2 Å². The molecule has 1 saturated heterocycles. The van der Waals surface area contributed by atoms with Crippen LogP contribution >= 0.6 is 12.2 Å². The summed E-state index contributed by atoms with van der Waals surface area (Å²) in [4.78, 5) is 37.9. The van der Waals surface area contributed by atoms with E-state index in [-0.39, 0.29) is 29.8 Å². The topological polar surface area (TPSA) is 87.7 Å². The molecule has 1 aliphatic rings. The van der Waals surface area contributed by atoms with Crippen LogP contribution in [0, 0.1) is 5.82 Å². The fourth-order valence-corrected chi connectivity index (χ4v) is 2.86. The van der Waals surface area contributed by atoms with Crippen LogP contribution in [0.3, 0.4) is 0 Å². The summed E-state index contributed by atoms with van der Waals surface area (Å²) in [6.45, 7) is 3.45. The van der Waals surface area contributed by atoms with Crippen LogP contribution in [0.5, 0.6) is 0 Å². The van der Waals surface area contributed by atoms with Crippen LogP contribution in [0.2, 0.25) is 0 Å². The Balaban J connectivity index is 2.03. The lowest BCUT2D eigenvalue weighted by molar-refractivity contribution is -0.147. The van der Waals surface area contributed by atoms with Crippen molar-refractivity contribution in [3.05, 3.63) is 41.3 Å². The van der Waals surface area contributed by atoms with Gasteiger partial charge in [0.25, 0.3) is 5.91 Å². The van der Waals surface area contributed by atoms with E-state index in [2.05, 4.69) is 10.6 Å². The minimum absolute atomic E-state index is 0.0803. The molecule has 0 aromatic heterocycles. The number of nitrogens with zero attached hydrogens (tertiary/aromatic N) is 1. The first-order valence-corrected chi connectivity index (χ1v) is 9.32. The Bertz CT molecular complexity index is 795. The van der Waals surface area contributed by atoms with Gasteiger partial charge in [0.15, 0.2) is 5.11 Å². The summed E-state index contributed by atoms with van der Waals surface area (Å²) in [7, 11) is 0. The van der Waals surface area contributed by atoms with Crippen molar-refractivity contribution in [1.29, 1.82) is 0 Å². The lowest BCUT2D eigenvalue weighted by Crippen LogP contribution is -2.47. The summed E-state index contributed by atoms with van der Waals surface area (Å²) >= 11 is 5.13. The number of ether oxygens (including phenoxy) is 1. The SMILES string of the molecule is CCCC(NC(=O)CN1C(=O)/C(=C/c2ccc(F)cc2)NC1=S)C(=O)OCC. The highest BCUT2D eigenvalue weighted by Gasteiger charge is 2.33. The van der Waals surface area contributed by atoms with Gasteiger partial charge in [0, 0.05) is 0 Å². The molecule has 1 unspecified atom stereocenters. The fourth-order valence-electron chi connectivity index (χ4n) is 2.60. The molecule has 2 rings (SSSR count). The average Bonchev–Trinajstić information content (AvgIpc) is 2.91. The van der Waals surface area contributed by atoms with Gasteiger partial charge in [-0.1, -0.05) is 25.5 Å². The third kappa shape index (κ3) is 5.59. The van der Waals surface area contributed by atoms with E-state index >= 15 is 0 Å². The summed E-state index contributed by atoms with van der Waals surface area (Å²) < 4.78 is 18.0. The Hall–Kier alpha value is -2.81. The number of hydrogen-bond acceptors (Lipinski definition) is 5. The number of hydrogen-bond donors (Lipinski definition) is 2. The van der Waals surface area contributed by atoms with E-state index < -0.39 is 23.8 Å². The van der Waals surface area contributed by atoms with E-state index in [0.29, 0.717) is 18.4 Å². The zero-order valence-electron chi connectivity index (χ0n) is 15.7. The molecule has 0 aliphatic carbocycles. The molecule has 1 heterocycles. The van der Waals surface area contributed by atoms with Gasteiger partial charge in [-0.2, -0.15) is 0 Å². The number of esters is 1. The van der Waals surface area contributed by atoms with Crippen molar-refractivity contribution in [3.8, 4) is 0 Å². The van der Waals surface area contributed by atoms with Gasteiger partial charge in [-0.05, 0) is 49.3 Å². The molecular formula is C19H22FN3O4S. The second kappa shape index (κ2) is 9.93. The van der Waals surface area contributed by atoms with Crippen molar-refractivity contribution in [1.82, 2.24) is 15.5 Å². The predicted molar refractivity (Wildman–Crippen MR) is 105 cm³/mol. The number of rotatable bonds is 8. The van der Waals surface area contributed by atoms with Crippen LogP contribution in [0.25, 0.3) is 6.08 Å². The van der Waals surface area contributed by atoms with Gasteiger partial charge < -0.3 is 15.4 Å². The molecular weight excluding hydrogens is 385 g/mol. The molecule has 1 fully saturated rings. The number of carbonyl (C=O) groups excluding carboxylic acids is 3. The number of amides is 2. The van der Waals surface area contributed by atoms with Gasteiger partial charge in [-0.25, -0.2) is 9.18 Å². The van der Waals surface area contributed by atoms with E-state index in [1.807, 2.05) is 6.92 Å². The number of thiocarbonyl (C=S) groups is 1. The largest absolute Gasteiger partial charge is 0.464 e. The standard InChI is InChI=1S/C19H22FN3O4S/c1-3-5-14(18(26)27-4-2)21-16(24)11-23-17(25)15(22-19(23)28)10-12-6-8-13(20)9-7-12/h6-10,14H,3-5,11H2,1-2H3,(H,21,24)(H,22,28)/b15-10-. The maximum atomic E-state index is 13.0. The Morgan fingerprint density at radius 3 is 2.61 bits per heavy atom. The highest BCUT2D eigenvalue weighted by atomic mass is 32.1. The number of nitrogens with one attached hydrogen (secondary N) is 2. The quantitative estimate of drug-likeness (QED) is 0.388. The molecule has 0 spiro atoms. The first-order valence-electron chi connectivity index (χ1n) is 8.91. The normalized spacial score (nSPS) is 16.1. The van der Waals surface area contributed by atoms with Crippen LogP contribution in [0.4, 0.5) is 4.39 Å². The maximum absolute atomic E-state index is 13.0. The molecule has 9 heteroatoms. The van der Waals surface area contributed by atoms with E-state index in [1.54, 1.807) is 6.92 Å². The molecule has 1 aromatic rings. The van der Waals surface area contributed by atoms with E-state index in [9.17, 15) is 18.8 Å². The van der Waals surface area contributed by atoms with Gasteiger partial charge >= 0.3 is 5.97 Å². The number of benzene rings is 1. The first kappa shape index (κ1) is 21.5. The molecule has 0 radical (unpaired) electrons. The highest BCUT2D eigenvalue weighted by molar-refractivity contribution is 7.80. The van der Waals surface area contributed by atoms with Crippen molar-refractivity contribution in [2.24, 2.45) is 0 Å². The summed E-state index contributed by atoms with van der Waals surface area (Å²) in [6, 6.07) is 4.82. The Kier molecular flexibility index (Phi) is 7.62. The van der Waals surface area contributed by atoms with Crippen LogP contribution in [0.1, 0.15) is 32.3 Å². The molecule has 2 amide bonds. The highest BCUT2D eigenvalue weighted by Crippen LogP contribution is 2.14. The van der Waals surface area contributed by atoms with Crippen molar-refractivity contribution < 1.29 is 23.5 Å². The molecule has 2 N–H and O–H groups in total. The summed E-state index contributed by atoms with van der Waals surface area (Å²) in [5, 5.41) is 5.41. The maximum Gasteiger partial charge on any atom is 0.328 e. The zero-order valence-corrected chi connectivity index (χ0v) is 16.5. The number of halogens is 1. The molecule has 1 atom stereocenters. The van der Waals surface area contributed by atoms with E-state index in [0.717, 1.165) is 4.90 Å². The third-order valence-electron chi connectivity index (χ3n) is 3.93. The summed E-state index contributed by atoms with van der Waals surface area (Å²) in [5.41, 5.74) is 0.789. The van der Waals surface area contributed by atoms with Crippen molar-refractivity contribution in [3.63, 3.8) is 0 Å². The Morgan fingerprint density at radius 2 is 2.00 bits per heavy atom. The van der Waals surface area contributed by atoms with Crippen LogP contribution < -0.4 is 10.6 Å². The number of carbonyl (C=O) groups is 3.